The number of aromatic hydroxyl groups is 1. The van der Waals surface area contributed by atoms with E-state index in [2.05, 4.69) is 15.3 Å². The maximum Gasteiger partial charge on any atom is 0.337 e. The summed E-state index contributed by atoms with van der Waals surface area (Å²) < 4.78 is 10.5. The van der Waals surface area contributed by atoms with Crippen molar-refractivity contribution in [2.75, 3.05) is 7.11 Å². The third-order valence-electron chi connectivity index (χ3n) is 4.21. The third-order valence-corrected chi connectivity index (χ3v) is 4.21. The number of ether oxygens (including phenoxy) is 2. The number of hydrogen-bond acceptors (Lipinski definition) is 6. The van der Waals surface area contributed by atoms with Gasteiger partial charge in [0.2, 0.25) is 0 Å². The number of methoxy groups -OCH3 is 1. The van der Waals surface area contributed by atoms with Gasteiger partial charge in [0.1, 0.15) is 18.1 Å². The van der Waals surface area contributed by atoms with Gasteiger partial charge in [0.05, 0.1) is 24.5 Å². The number of benzene rings is 3. The molecule has 0 unspecified atom stereocenters. The molecule has 0 fully saturated rings. The molecule has 7 heteroatoms. The first-order valence-corrected chi connectivity index (χ1v) is 9.09. The number of rotatable bonds is 7. The summed E-state index contributed by atoms with van der Waals surface area (Å²) in [6.45, 7) is 0.288. The Morgan fingerprint density at radius 3 is 2.43 bits per heavy atom. The van der Waals surface area contributed by atoms with Gasteiger partial charge < -0.3 is 14.6 Å². The zero-order valence-electron chi connectivity index (χ0n) is 16.2. The van der Waals surface area contributed by atoms with Crippen LogP contribution < -0.4 is 10.2 Å². The van der Waals surface area contributed by atoms with Crippen LogP contribution in [0.4, 0.5) is 0 Å². The fourth-order valence-electron chi connectivity index (χ4n) is 2.62. The van der Waals surface area contributed by atoms with Gasteiger partial charge in [-0.2, -0.15) is 5.10 Å². The van der Waals surface area contributed by atoms with E-state index in [9.17, 15) is 14.7 Å². The molecule has 2 N–H and O–H groups in total. The van der Waals surface area contributed by atoms with E-state index in [1.807, 2.05) is 12.1 Å². The van der Waals surface area contributed by atoms with Crippen LogP contribution in [0.1, 0.15) is 31.8 Å². The lowest BCUT2D eigenvalue weighted by Gasteiger charge is -2.09. The van der Waals surface area contributed by atoms with Crippen LogP contribution in [-0.4, -0.2) is 30.3 Å². The van der Waals surface area contributed by atoms with Crippen LogP contribution in [0.2, 0.25) is 0 Å². The van der Waals surface area contributed by atoms with Crippen LogP contribution in [0, 0.1) is 0 Å². The smallest absolute Gasteiger partial charge is 0.337 e. The van der Waals surface area contributed by atoms with Gasteiger partial charge in [-0.15, -0.1) is 0 Å². The lowest BCUT2D eigenvalue weighted by Crippen LogP contribution is -2.17. The second-order valence-corrected chi connectivity index (χ2v) is 6.23. The molecule has 0 aromatic heterocycles. The zero-order valence-corrected chi connectivity index (χ0v) is 16.2. The second kappa shape index (κ2) is 9.88. The summed E-state index contributed by atoms with van der Waals surface area (Å²) in [6, 6.07) is 20.4. The number of amides is 1. The Balaban J connectivity index is 1.63. The number of carbonyl (C=O) groups is 2. The lowest BCUT2D eigenvalue weighted by atomic mass is 10.1. The molecule has 0 saturated heterocycles. The number of phenols is 1. The summed E-state index contributed by atoms with van der Waals surface area (Å²) in [5.74, 6) is -0.453. The Morgan fingerprint density at radius 1 is 1.00 bits per heavy atom. The van der Waals surface area contributed by atoms with Gasteiger partial charge in [0, 0.05) is 5.56 Å². The van der Waals surface area contributed by atoms with Crippen LogP contribution in [0.15, 0.2) is 77.9 Å². The molecule has 0 aliphatic carbocycles. The van der Waals surface area contributed by atoms with E-state index < -0.39 is 11.9 Å². The lowest BCUT2D eigenvalue weighted by molar-refractivity contribution is 0.0600. The van der Waals surface area contributed by atoms with Gasteiger partial charge in [0.25, 0.3) is 5.91 Å². The highest BCUT2D eigenvalue weighted by Gasteiger charge is 2.09. The number of nitrogens with one attached hydrogen (secondary N) is 1. The van der Waals surface area contributed by atoms with Crippen molar-refractivity contribution in [1.82, 2.24) is 5.43 Å². The highest BCUT2D eigenvalue weighted by atomic mass is 16.5. The summed E-state index contributed by atoms with van der Waals surface area (Å²) in [5, 5.41) is 13.7. The SMILES string of the molecule is COC(=O)c1ccc(COc2ccccc2/C=N/NC(=O)c2ccccc2O)cc1. The molecular formula is C23H20N2O5. The highest BCUT2D eigenvalue weighted by Crippen LogP contribution is 2.18. The monoisotopic (exact) mass is 404 g/mol. The molecule has 3 aromatic carbocycles. The largest absolute Gasteiger partial charge is 0.507 e. The molecule has 152 valence electrons. The van der Waals surface area contributed by atoms with E-state index in [0.29, 0.717) is 16.9 Å². The first-order chi connectivity index (χ1) is 14.6. The van der Waals surface area contributed by atoms with E-state index in [4.69, 9.17) is 4.74 Å². The van der Waals surface area contributed by atoms with Crippen LogP contribution in [-0.2, 0) is 11.3 Å². The molecule has 0 saturated carbocycles. The summed E-state index contributed by atoms with van der Waals surface area (Å²) in [4.78, 5) is 23.6. The van der Waals surface area contributed by atoms with Crippen molar-refractivity contribution in [1.29, 1.82) is 0 Å². The van der Waals surface area contributed by atoms with E-state index in [0.717, 1.165) is 5.56 Å². The Labute approximate surface area is 173 Å². The first-order valence-electron chi connectivity index (χ1n) is 9.09. The number of para-hydroxylation sites is 2. The van der Waals surface area contributed by atoms with Crippen molar-refractivity contribution in [3.63, 3.8) is 0 Å². The maximum absolute atomic E-state index is 12.1. The normalized spacial score (nSPS) is 10.6. The highest BCUT2D eigenvalue weighted by molar-refractivity contribution is 5.97. The van der Waals surface area contributed by atoms with E-state index in [1.165, 1.54) is 25.5 Å². The molecule has 0 bridgehead atoms. The molecule has 0 aliphatic rings. The van der Waals surface area contributed by atoms with Crippen molar-refractivity contribution in [2.45, 2.75) is 6.61 Å². The molecule has 30 heavy (non-hydrogen) atoms. The quantitative estimate of drug-likeness (QED) is 0.357. The van der Waals surface area contributed by atoms with Crippen molar-refractivity contribution < 1.29 is 24.2 Å². The number of nitrogens with zero attached hydrogens (tertiary/aromatic N) is 1. The Morgan fingerprint density at radius 2 is 1.70 bits per heavy atom. The minimum Gasteiger partial charge on any atom is -0.507 e. The average molecular weight is 404 g/mol. The van der Waals surface area contributed by atoms with E-state index in [1.54, 1.807) is 48.5 Å². The molecule has 0 aliphatic heterocycles. The minimum absolute atomic E-state index is 0.118. The number of hydrogen-bond donors (Lipinski definition) is 2. The second-order valence-electron chi connectivity index (χ2n) is 6.23. The Kier molecular flexibility index (Phi) is 6.78. The van der Waals surface area contributed by atoms with Gasteiger partial charge in [-0.25, -0.2) is 10.2 Å². The fraction of sp³-hybridized carbons (Fsp3) is 0.0870. The van der Waals surface area contributed by atoms with Crippen LogP contribution >= 0.6 is 0 Å². The number of hydrazone groups is 1. The number of phenolic OH excluding ortho intramolecular Hbond substituents is 1. The van der Waals surface area contributed by atoms with Crippen molar-refractivity contribution in [3.05, 3.63) is 95.1 Å². The topological polar surface area (TPSA) is 97.2 Å². The summed E-state index contributed by atoms with van der Waals surface area (Å²) in [5.41, 5.74) is 4.53. The molecule has 1 amide bonds. The molecule has 0 heterocycles. The molecule has 0 spiro atoms. The van der Waals surface area contributed by atoms with Gasteiger partial charge in [-0.1, -0.05) is 36.4 Å². The van der Waals surface area contributed by atoms with Gasteiger partial charge in [0.15, 0.2) is 0 Å². The first kappa shape index (κ1) is 20.6. The molecule has 3 rings (SSSR count). The van der Waals surface area contributed by atoms with Gasteiger partial charge in [-0.3, -0.25) is 4.79 Å². The molecule has 0 atom stereocenters. The maximum atomic E-state index is 12.1. The van der Waals surface area contributed by atoms with E-state index in [-0.39, 0.29) is 17.9 Å². The molecule has 3 aromatic rings. The van der Waals surface area contributed by atoms with Crippen molar-refractivity contribution in [3.8, 4) is 11.5 Å². The van der Waals surface area contributed by atoms with Crippen LogP contribution in [0.3, 0.4) is 0 Å². The fourth-order valence-corrected chi connectivity index (χ4v) is 2.62. The predicted octanol–water partition coefficient (Wildman–Crippen LogP) is 3.52. The van der Waals surface area contributed by atoms with E-state index >= 15 is 0 Å². The summed E-state index contributed by atoms with van der Waals surface area (Å²) >= 11 is 0. The third kappa shape index (κ3) is 5.23. The van der Waals surface area contributed by atoms with Gasteiger partial charge in [-0.05, 0) is 42.0 Å². The summed E-state index contributed by atoms with van der Waals surface area (Å²) in [6.07, 6.45) is 1.47. The number of esters is 1. The standard InChI is InChI=1S/C23H20N2O5/c1-29-23(28)17-12-10-16(11-13-17)15-30-21-9-5-2-6-18(21)14-24-25-22(27)19-7-3-4-8-20(19)26/h2-14,26H,15H2,1H3,(H,25,27)/b24-14+. The van der Waals surface area contributed by atoms with Crippen molar-refractivity contribution >= 4 is 18.1 Å². The van der Waals surface area contributed by atoms with Crippen LogP contribution in [0.5, 0.6) is 11.5 Å². The zero-order chi connectivity index (χ0) is 21.3. The predicted molar refractivity (Wildman–Crippen MR) is 112 cm³/mol. The van der Waals surface area contributed by atoms with Crippen molar-refractivity contribution in [2.24, 2.45) is 5.10 Å². The molecular weight excluding hydrogens is 384 g/mol. The minimum atomic E-state index is -0.520. The number of carbonyl (C=O) groups excluding carboxylic acids is 2. The van der Waals surface area contributed by atoms with Gasteiger partial charge >= 0.3 is 5.97 Å². The Hall–Kier alpha value is -4.13. The summed E-state index contributed by atoms with van der Waals surface area (Å²) in [7, 11) is 1.34. The Bertz CT molecular complexity index is 1060. The molecule has 7 nitrogen and oxygen atoms in total. The average Bonchev–Trinajstić information content (AvgIpc) is 2.78. The van der Waals surface area contributed by atoms with Crippen LogP contribution in [0.25, 0.3) is 0 Å². The molecule has 0 radical (unpaired) electrons.